The van der Waals surface area contributed by atoms with Crippen LogP contribution in [0.2, 0.25) is 0 Å². The lowest BCUT2D eigenvalue weighted by atomic mass is 9.98. The van der Waals surface area contributed by atoms with Crippen molar-refractivity contribution >= 4 is 34.6 Å². The van der Waals surface area contributed by atoms with E-state index in [1.165, 1.54) is 18.2 Å². The van der Waals surface area contributed by atoms with E-state index in [9.17, 15) is 24.1 Å². The van der Waals surface area contributed by atoms with E-state index in [1.807, 2.05) is 17.0 Å². The Hall–Kier alpha value is -4.47. The van der Waals surface area contributed by atoms with Crippen molar-refractivity contribution in [2.45, 2.75) is 19.8 Å². The van der Waals surface area contributed by atoms with Gasteiger partial charge in [0.2, 0.25) is 0 Å². The molecule has 40 heavy (non-hydrogen) atoms. The third kappa shape index (κ3) is 5.90. The molecule has 0 bridgehead atoms. The summed E-state index contributed by atoms with van der Waals surface area (Å²) in [6.07, 6.45) is 1.97. The number of carbonyl (C=O) groups is 2. The van der Waals surface area contributed by atoms with Gasteiger partial charge in [-0.15, -0.1) is 0 Å². The van der Waals surface area contributed by atoms with Gasteiger partial charge in [0.1, 0.15) is 11.5 Å². The molecule has 3 aromatic carbocycles. The van der Waals surface area contributed by atoms with Gasteiger partial charge in [0.15, 0.2) is 0 Å². The first-order valence-electron chi connectivity index (χ1n) is 13.5. The molecule has 0 aromatic heterocycles. The highest BCUT2D eigenvalue weighted by Gasteiger charge is 2.26. The van der Waals surface area contributed by atoms with Crippen LogP contribution in [-0.4, -0.2) is 60.9 Å². The van der Waals surface area contributed by atoms with E-state index >= 15 is 0 Å². The van der Waals surface area contributed by atoms with Gasteiger partial charge in [-0.05, 0) is 67.3 Å². The summed E-state index contributed by atoms with van der Waals surface area (Å²) < 4.78 is 14.0. The summed E-state index contributed by atoms with van der Waals surface area (Å²) in [4.78, 5) is 42.8. The standard InChI is InChI=1S/C30H32FN5O4/c1-21-12-14-34(15-13-21)27-11-6-22(20-28(27)36(39)40)29(37)32-23-7-9-24(10-8-23)33-16-18-35(19-17-33)30(38)25-4-2-3-5-26(25)31/h2-11,20-21H,12-19H2,1H3,(H,32,37). The molecule has 2 saturated heterocycles. The third-order valence-corrected chi connectivity index (χ3v) is 7.72. The number of halogens is 1. The fourth-order valence-electron chi connectivity index (χ4n) is 5.26. The minimum Gasteiger partial charge on any atom is -0.368 e. The van der Waals surface area contributed by atoms with Crippen LogP contribution in [0.3, 0.4) is 0 Å². The number of nitro benzene ring substituents is 1. The molecule has 208 valence electrons. The van der Waals surface area contributed by atoms with Crippen LogP contribution in [0, 0.1) is 21.8 Å². The first kappa shape index (κ1) is 27.1. The first-order valence-corrected chi connectivity index (χ1v) is 13.5. The number of hydrogen-bond acceptors (Lipinski definition) is 6. The van der Waals surface area contributed by atoms with Crippen molar-refractivity contribution in [1.82, 2.24) is 4.90 Å². The fourth-order valence-corrected chi connectivity index (χ4v) is 5.26. The van der Waals surface area contributed by atoms with Crippen molar-refractivity contribution < 1.29 is 18.9 Å². The second-order valence-electron chi connectivity index (χ2n) is 10.4. The van der Waals surface area contributed by atoms with E-state index in [0.717, 1.165) is 31.6 Å². The van der Waals surface area contributed by atoms with Crippen LogP contribution in [0.25, 0.3) is 0 Å². The number of nitrogens with zero attached hydrogens (tertiary/aromatic N) is 4. The van der Waals surface area contributed by atoms with Gasteiger partial charge in [0.25, 0.3) is 17.5 Å². The molecule has 3 aromatic rings. The largest absolute Gasteiger partial charge is 0.368 e. The molecule has 0 aliphatic carbocycles. The van der Waals surface area contributed by atoms with Crippen molar-refractivity contribution in [2.24, 2.45) is 5.92 Å². The smallest absolute Gasteiger partial charge is 0.293 e. The summed E-state index contributed by atoms with van der Waals surface area (Å²) in [5, 5.41) is 14.6. The van der Waals surface area contributed by atoms with Gasteiger partial charge in [-0.3, -0.25) is 19.7 Å². The molecule has 2 amide bonds. The monoisotopic (exact) mass is 545 g/mol. The molecule has 0 spiro atoms. The molecule has 1 N–H and O–H groups in total. The van der Waals surface area contributed by atoms with Crippen LogP contribution in [0.4, 0.5) is 27.1 Å². The minimum absolute atomic E-state index is 0.0647. The molecule has 0 atom stereocenters. The van der Waals surface area contributed by atoms with Crippen LogP contribution < -0.4 is 15.1 Å². The molecule has 2 aliphatic heterocycles. The molecule has 9 nitrogen and oxygen atoms in total. The van der Waals surface area contributed by atoms with Crippen LogP contribution in [0.5, 0.6) is 0 Å². The molecule has 2 aliphatic rings. The molecule has 0 unspecified atom stereocenters. The Kier molecular flexibility index (Phi) is 7.95. The number of carbonyl (C=O) groups excluding carboxylic acids is 2. The van der Waals surface area contributed by atoms with Crippen molar-refractivity contribution in [3.8, 4) is 0 Å². The highest BCUT2D eigenvalue weighted by molar-refractivity contribution is 6.05. The van der Waals surface area contributed by atoms with Gasteiger partial charge >= 0.3 is 0 Å². The highest BCUT2D eigenvalue weighted by Crippen LogP contribution is 2.32. The molecular formula is C30H32FN5O4. The SMILES string of the molecule is CC1CCN(c2ccc(C(=O)Nc3ccc(N4CCN(C(=O)c5ccccc5F)CC4)cc3)cc2[N+](=O)[O-])CC1. The van der Waals surface area contributed by atoms with Crippen molar-refractivity contribution in [3.63, 3.8) is 0 Å². The van der Waals surface area contributed by atoms with Gasteiger partial charge in [0.05, 0.1) is 10.5 Å². The number of rotatable bonds is 6. The van der Waals surface area contributed by atoms with Gasteiger partial charge in [-0.1, -0.05) is 19.1 Å². The number of nitro groups is 1. The molecule has 5 rings (SSSR count). The third-order valence-electron chi connectivity index (χ3n) is 7.72. The Morgan fingerprint density at radius 2 is 1.57 bits per heavy atom. The second-order valence-corrected chi connectivity index (χ2v) is 10.4. The van der Waals surface area contributed by atoms with Crippen LogP contribution in [-0.2, 0) is 0 Å². The predicted octanol–water partition coefficient (Wildman–Crippen LogP) is 5.18. The molecular weight excluding hydrogens is 513 g/mol. The first-order chi connectivity index (χ1) is 19.3. The lowest BCUT2D eigenvalue weighted by molar-refractivity contribution is -0.384. The van der Waals surface area contributed by atoms with E-state index in [2.05, 4.69) is 17.1 Å². The van der Waals surface area contributed by atoms with Crippen LogP contribution in [0.1, 0.15) is 40.5 Å². The van der Waals surface area contributed by atoms with Crippen molar-refractivity contribution in [1.29, 1.82) is 0 Å². The summed E-state index contributed by atoms with van der Waals surface area (Å²) in [7, 11) is 0. The number of anilines is 3. The number of piperazine rings is 1. The Morgan fingerprint density at radius 1 is 0.900 bits per heavy atom. The van der Waals surface area contributed by atoms with Gasteiger partial charge in [-0.2, -0.15) is 0 Å². The lowest BCUT2D eigenvalue weighted by Crippen LogP contribution is -2.49. The minimum atomic E-state index is -0.519. The highest BCUT2D eigenvalue weighted by atomic mass is 19.1. The zero-order chi connectivity index (χ0) is 28.2. The molecule has 0 saturated carbocycles. The van der Waals surface area contributed by atoms with Gasteiger partial charge < -0.3 is 20.0 Å². The van der Waals surface area contributed by atoms with E-state index in [1.54, 1.807) is 41.3 Å². The van der Waals surface area contributed by atoms with E-state index in [-0.39, 0.29) is 22.7 Å². The number of hydrogen-bond donors (Lipinski definition) is 1. The molecule has 2 fully saturated rings. The van der Waals surface area contributed by atoms with E-state index < -0.39 is 16.6 Å². The Labute approximate surface area is 232 Å². The van der Waals surface area contributed by atoms with Crippen molar-refractivity contribution in [3.05, 3.63) is 93.8 Å². The van der Waals surface area contributed by atoms with E-state index in [0.29, 0.717) is 43.5 Å². The fraction of sp³-hybridized carbons (Fsp3) is 0.333. The summed E-state index contributed by atoms with van der Waals surface area (Å²) in [6, 6.07) is 18.0. The maximum Gasteiger partial charge on any atom is 0.293 e. The quantitative estimate of drug-likeness (QED) is 0.338. The summed E-state index contributed by atoms with van der Waals surface area (Å²) in [6.45, 7) is 5.83. The second kappa shape index (κ2) is 11.7. The molecule has 2 heterocycles. The van der Waals surface area contributed by atoms with Crippen molar-refractivity contribution in [2.75, 3.05) is 54.4 Å². The maximum absolute atomic E-state index is 14.0. The summed E-state index contributed by atoms with van der Waals surface area (Å²) in [5.41, 5.74) is 2.29. The Morgan fingerprint density at radius 3 is 2.23 bits per heavy atom. The van der Waals surface area contributed by atoms with E-state index in [4.69, 9.17) is 0 Å². The zero-order valence-electron chi connectivity index (χ0n) is 22.4. The summed E-state index contributed by atoms with van der Waals surface area (Å²) in [5.74, 6) is -0.648. The Balaban J connectivity index is 1.19. The number of nitrogens with one attached hydrogen (secondary N) is 1. The van der Waals surface area contributed by atoms with Gasteiger partial charge in [-0.25, -0.2) is 4.39 Å². The van der Waals surface area contributed by atoms with Crippen LogP contribution >= 0.6 is 0 Å². The van der Waals surface area contributed by atoms with Gasteiger partial charge in [0, 0.05) is 62.3 Å². The lowest BCUT2D eigenvalue weighted by Gasteiger charge is -2.36. The average Bonchev–Trinajstić information content (AvgIpc) is 2.97. The van der Waals surface area contributed by atoms with Crippen LogP contribution in [0.15, 0.2) is 66.7 Å². The number of benzene rings is 3. The topological polar surface area (TPSA) is 99.0 Å². The maximum atomic E-state index is 14.0. The average molecular weight is 546 g/mol. The predicted molar refractivity (Wildman–Crippen MR) is 153 cm³/mol. The molecule has 10 heteroatoms. The Bertz CT molecular complexity index is 1400. The number of piperidine rings is 1. The zero-order valence-corrected chi connectivity index (χ0v) is 22.4. The normalized spacial score (nSPS) is 16.1. The number of amides is 2. The summed E-state index contributed by atoms with van der Waals surface area (Å²) >= 11 is 0. The molecule has 0 radical (unpaired) electrons.